The van der Waals surface area contributed by atoms with Crippen LogP contribution in [-0.2, 0) is 32.2 Å². The number of phenols is 3. The van der Waals surface area contributed by atoms with Crippen molar-refractivity contribution in [3.05, 3.63) is 180 Å². The van der Waals surface area contributed by atoms with Crippen molar-refractivity contribution in [2.45, 2.75) is 169 Å². The molecule has 123 heavy (non-hydrogen) atoms. The predicted octanol–water partition coefficient (Wildman–Crippen LogP) is 11.0. The lowest BCUT2D eigenvalue weighted by Gasteiger charge is -2.49. The van der Waals surface area contributed by atoms with Gasteiger partial charge >= 0.3 is 5.97 Å². The molecule has 7 aliphatic rings. The maximum Gasteiger partial charge on any atom is 0.333 e. The number of phenolic OH excluding ortho intramolecular Hbond substituents is 3. The molecule has 7 aliphatic heterocycles. The number of ether oxygens (including phenoxy) is 7. The molecule has 7 heterocycles. The minimum atomic E-state index is -2.35. The Balaban J connectivity index is 1.07. The first-order valence-electron chi connectivity index (χ1n) is 38.9. The minimum absolute atomic E-state index is 0.0430. The summed E-state index contributed by atoms with van der Waals surface area (Å²) >= 11 is 26.8. The number of aliphatic imine (C=N–C) groups is 6. The summed E-state index contributed by atoms with van der Waals surface area (Å²) in [5.74, 6) is -14.4. The van der Waals surface area contributed by atoms with E-state index in [9.17, 15) is 91.6 Å². The Kier molecular flexibility index (Phi) is 28.6. The summed E-state index contributed by atoms with van der Waals surface area (Å²) in [4.78, 5) is 39.4. The van der Waals surface area contributed by atoms with E-state index in [0.717, 1.165) is 59.7 Å². The zero-order chi connectivity index (χ0) is 89.1. The monoisotopic (exact) mass is 1780 g/mol. The molecule has 18 atom stereocenters. The van der Waals surface area contributed by atoms with Crippen molar-refractivity contribution >= 4 is 93.7 Å². The number of nitrogens with one attached hydrogen (secondary N) is 3. The van der Waals surface area contributed by atoms with Crippen molar-refractivity contribution in [2.75, 3.05) is 40.8 Å². The van der Waals surface area contributed by atoms with Crippen molar-refractivity contribution in [1.82, 2.24) is 10.6 Å². The molecule has 0 saturated carbocycles. The van der Waals surface area contributed by atoms with Crippen LogP contribution in [0.2, 0.25) is 20.1 Å². The molecule has 35 nitrogen and oxygen atoms in total. The van der Waals surface area contributed by atoms with Crippen LogP contribution in [0.3, 0.4) is 0 Å². The van der Waals surface area contributed by atoms with Crippen LogP contribution in [-0.4, -0.2) is 258 Å². The first-order valence-corrected chi connectivity index (χ1v) is 40.4. The van der Waals surface area contributed by atoms with Gasteiger partial charge < -0.3 is 135 Å². The third-order valence-electron chi connectivity index (χ3n) is 21.6. The maximum atomic E-state index is 13.4. The summed E-state index contributed by atoms with van der Waals surface area (Å²) < 4.78 is 46.7. The first-order chi connectivity index (χ1) is 58.2. The van der Waals surface area contributed by atoms with Gasteiger partial charge in [-0.2, -0.15) is 0 Å². The topological polar surface area (TPSA) is 548 Å². The number of likely N-dealkylation sites (N-methyl/N-ethyl adjacent to an activating group) is 2. The molecule has 20 N–H and O–H groups in total. The van der Waals surface area contributed by atoms with E-state index in [4.69, 9.17) is 85.0 Å². The highest BCUT2D eigenvalue weighted by molar-refractivity contribution is 6.42. The molecule has 39 heteroatoms. The molecule has 0 aromatic heterocycles. The summed E-state index contributed by atoms with van der Waals surface area (Å²) in [6, 6.07) is 12.3. The highest BCUT2D eigenvalue weighted by Gasteiger charge is 2.53. The average molecular weight is 1790 g/mol. The fourth-order valence-electron chi connectivity index (χ4n) is 15.0. The second-order valence-corrected chi connectivity index (χ2v) is 33.3. The third-order valence-corrected chi connectivity index (χ3v) is 22.9. The molecule has 14 rings (SSSR count). The van der Waals surface area contributed by atoms with E-state index >= 15 is 0 Å². The number of quaternary nitrogens is 1. The maximum absolute atomic E-state index is 13.4. The van der Waals surface area contributed by atoms with E-state index in [2.05, 4.69) is 40.6 Å². The molecule has 0 radical (unpaired) electrons. The van der Waals surface area contributed by atoms with Crippen molar-refractivity contribution < 1.29 is 129 Å². The van der Waals surface area contributed by atoms with E-state index in [1.165, 1.54) is 37.4 Å². The van der Waals surface area contributed by atoms with Crippen LogP contribution < -0.4 is 29.6 Å². The molecule has 658 valence electrons. The number of carbonyl (C=O) groups is 1. The van der Waals surface area contributed by atoms with Crippen LogP contribution in [0, 0.1) is 11.3 Å². The summed E-state index contributed by atoms with van der Waals surface area (Å²) in [6.45, 7) is 7.00. The van der Waals surface area contributed by atoms with E-state index < -0.39 is 225 Å². The quantitative estimate of drug-likeness (QED) is 0.0170. The summed E-state index contributed by atoms with van der Waals surface area (Å²) in [6.07, 6.45) is -18.0. The van der Waals surface area contributed by atoms with Crippen LogP contribution in [0.25, 0.3) is 11.1 Å². The number of hydrogen-bond donors (Lipinski definition) is 20. The van der Waals surface area contributed by atoms with Crippen molar-refractivity contribution in [2.24, 2.45) is 35.9 Å². The van der Waals surface area contributed by atoms with Gasteiger partial charge in [0.25, 0.3) is 0 Å². The van der Waals surface area contributed by atoms with Crippen LogP contribution in [0.4, 0.5) is 0 Å². The van der Waals surface area contributed by atoms with Gasteiger partial charge in [0.05, 0.1) is 65.5 Å². The number of aromatic hydroxyl groups is 3. The molecule has 1 unspecified atom stereocenters. The number of carboxylic acids is 1. The van der Waals surface area contributed by atoms with Crippen molar-refractivity contribution in [3.63, 3.8) is 0 Å². The zero-order valence-corrected chi connectivity index (χ0v) is 70.1. The lowest BCUT2D eigenvalue weighted by Crippen LogP contribution is -2.66. The van der Waals surface area contributed by atoms with Crippen LogP contribution in [0.15, 0.2) is 151 Å². The number of aliphatic carboxylic acids is 1. The van der Waals surface area contributed by atoms with Gasteiger partial charge in [-0.1, -0.05) is 103 Å². The number of fused-ring (bicyclic) bond motifs is 12. The van der Waals surface area contributed by atoms with Crippen molar-refractivity contribution in [3.8, 4) is 62.9 Å². The number of hydrogen-bond acceptors (Lipinski definition) is 26. The number of benzene rings is 7. The van der Waals surface area contributed by atoms with Gasteiger partial charge in [-0.3, -0.25) is 5.41 Å². The standard InChI is InChI=1S/C84H94Cl4N10O25/c1-36(2)22-52(90-5)76(109)96-67-69(104)41-13-18-56(50(87)24-41)119-58-26-43-27-59(73(58)123-83-74(72(107)71(106)60(121-83)34-98(6,7)20-21-99)122-62-32-84(4,75(108)37(3)118-62)91-33-38-8-10-39(11-9-38)35-117-45-15-16-48(85)49(86)30-45)120-57-19-14-42(25-51(57)88)70(105)68-81(114)95-66(82(115)116)47-28-44(100)29-55(102)63(47)46-23-40(12-17-54(46)101)64(78(111)97-68)94-79(112)65(43)93-77(110)53(31-61(89)103)92-80(67)113/h8-19,23-30,36-37,52-53,60,62,64-72,74-75,83,90-91,99,104-108H,20-22,31-35H2,1-7H3,(H11-,89,92,93,94,95,96,97,100,101,102,103,109,110,111,112,113,114,115,116)/p+1/t37-,52+,53-,60+,62?,64+,65+,66-,67+,68-,69+,70+,71+,72-,74+,75+,83-,84-/m0/s1. The minimum Gasteiger partial charge on any atom is -0.508 e. The van der Waals surface area contributed by atoms with Crippen LogP contribution in [0.5, 0.6) is 51.7 Å². The van der Waals surface area contributed by atoms with Crippen LogP contribution in [0.1, 0.15) is 116 Å². The van der Waals surface area contributed by atoms with Gasteiger partial charge in [0.2, 0.25) is 41.5 Å². The molecule has 2 saturated heterocycles. The number of aliphatic hydroxyl groups excluding tert-OH is 13. The van der Waals surface area contributed by atoms with Crippen molar-refractivity contribution in [1.29, 1.82) is 5.41 Å². The molecule has 7 aromatic carbocycles. The number of carboxylic acid groups (broad SMARTS) is 1. The molecule has 0 amide bonds. The molecule has 0 spiro atoms. The largest absolute Gasteiger partial charge is 0.508 e. The SMILES string of the molecule is CN[C@H](CC(C)C)C(O)=N[C@H]1C(O)=N[C@@H](CC(=N)O)C(O)=N[C@H]2C(O)=N[C@H]3C(O)=N[C@H](C(O)=N[C@H](C(=O)O)c4cc(O)cc(O)c4-c4cc3ccc4O)[C@H](O)c3ccc(c(Cl)c3)Oc3cc2cc(c3O[C@@H]2O[C@H](C[N+](C)(C)CCO)[C@@H](O)[C@H](O)[C@H]2OC2C[C@](C)(NCc3ccc(COc4ccc(Cl)c(Cl)c4)cc3)[C@H](O)[C@H](C)O2)Oc2ccc(cc2Cl)[C@H]1O. The highest BCUT2D eigenvalue weighted by atomic mass is 35.5. The van der Waals surface area contributed by atoms with Gasteiger partial charge in [-0.15, -0.1) is 0 Å². The normalized spacial score (nSPS) is 26.6. The molecule has 2 fully saturated rings. The third kappa shape index (κ3) is 21.0. The Hall–Kier alpha value is -10.4. The highest BCUT2D eigenvalue weighted by Crippen LogP contribution is 2.51. The Morgan fingerprint density at radius 2 is 1.29 bits per heavy atom. The van der Waals surface area contributed by atoms with E-state index in [-0.39, 0.29) is 89.3 Å². The lowest BCUT2D eigenvalue weighted by molar-refractivity contribution is -0.894. The summed E-state index contributed by atoms with van der Waals surface area (Å²) in [5.41, 5.74) is -2.36. The van der Waals surface area contributed by atoms with E-state index in [0.29, 0.717) is 15.8 Å². The molecular weight excluding hydrogens is 1690 g/mol. The number of nitrogens with zero attached hydrogens (tertiary/aromatic N) is 7. The lowest BCUT2D eigenvalue weighted by atomic mass is 9.84. The molecule has 11 bridgehead atoms. The molecular formula is C84H95Cl4N10O25+. The van der Waals surface area contributed by atoms with E-state index in [1.807, 2.05) is 38.1 Å². The number of aliphatic hydroxyl groups is 13. The second kappa shape index (κ2) is 38.4. The number of halogens is 4. The second-order valence-electron chi connectivity index (χ2n) is 31.7. The van der Waals surface area contributed by atoms with Gasteiger partial charge in [0.15, 0.2) is 65.9 Å². The van der Waals surface area contributed by atoms with Gasteiger partial charge in [0.1, 0.15) is 90.8 Å². The molecule has 0 aliphatic carbocycles. The smallest absolute Gasteiger partial charge is 0.333 e. The number of rotatable bonds is 22. The molecule has 7 aromatic rings. The zero-order valence-electron chi connectivity index (χ0n) is 67.1. The van der Waals surface area contributed by atoms with E-state index in [1.54, 1.807) is 46.1 Å². The summed E-state index contributed by atoms with van der Waals surface area (Å²) in [5, 5.41) is 218. The average Bonchev–Trinajstić information content (AvgIpc) is 0.762. The Labute approximate surface area is 724 Å². The Morgan fingerprint density at radius 3 is 1.91 bits per heavy atom. The van der Waals surface area contributed by atoms with Gasteiger partial charge in [0, 0.05) is 47.3 Å². The van der Waals surface area contributed by atoms with Crippen LogP contribution >= 0.6 is 46.4 Å². The predicted molar refractivity (Wildman–Crippen MR) is 454 cm³/mol. The fourth-order valence-corrected chi connectivity index (χ4v) is 15.7. The Bertz CT molecular complexity index is 5270. The van der Waals surface area contributed by atoms with Gasteiger partial charge in [-0.25, -0.2) is 34.7 Å². The fraction of sp³-hybridized carbons (Fsp3) is 0.405. The summed E-state index contributed by atoms with van der Waals surface area (Å²) in [7, 11) is 4.94. The first kappa shape index (κ1) is 91.8. The Morgan fingerprint density at radius 1 is 0.667 bits per heavy atom. The van der Waals surface area contributed by atoms with Gasteiger partial charge in [-0.05, 0) is 133 Å².